The summed E-state index contributed by atoms with van der Waals surface area (Å²) in [6, 6.07) is 6.62. The zero-order valence-electron chi connectivity index (χ0n) is 10.7. The topological polar surface area (TPSA) is 39.2 Å². The molecule has 0 unspecified atom stereocenters. The molecular weight excluding hydrogens is 371 g/mol. The molecule has 0 radical (unpaired) electrons. The number of rotatable bonds is 3. The molecule has 0 saturated heterocycles. The fourth-order valence-corrected chi connectivity index (χ4v) is 2.76. The summed E-state index contributed by atoms with van der Waals surface area (Å²) < 4.78 is 44.4. The van der Waals surface area contributed by atoms with Gasteiger partial charge in [-0.25, -0.2) is 9.78 Å². The van der Waals surface area contributed by atoms with Crippen LogP contribution >= 0.6 is 27.3 Å². The molecule has 0 spiro atoms. The smallest absolute Gasteiger partial charge is 0.428 e. The van der Waals surface area contributed by atoms with Crippen LogP contribution in [0.2, 0.25) is 0 Å². The largest absolute Gasteiger partial charge is 0.461 e. The fourth-order valence-electron chi connectivity index (χ4n) is 1.57. The average Bonchev–Trinajstić information content (AvgIpc) is 2.85. The first-order chi connectivity index (χ1) is 9.82. The van der Waals surface area contributed by atoms with Gasteiger partial charge in [-0.05, 0) is 19.1 Å². The number of esters is 1. The number of thiazole rings is 1. The number of aromatic nitrogens is 1. The lowest BCUT2D eigenvalue weighted by atomic mass is 10.2. The van der Waals surface area contributed by atoms with Crippen molar-refractivity contribution < 1.29 is 22.7 Å². The van der Waals surface area contributed by atoms with Crippen molar-refractivity contribution in [2.45, 2.75) is 13.1 Å². The lowest BCUT2D eigenvalue weighted by Gasteiger charge is -2.05. The quantitative estimate of drug-likeness (QED) is 0.721. The molecule has 0 aliphatic rings. The summed E-state index contributed by atoms with van der Waals surface area (Å²) in [6.45, 7) is 1.51. The molecule has 1 aromatic carbocycles. The average molecular weight is 380 g/mol. The van der Waals surface area contributed by atoms with Gasteiger partial charge in [-0.15, -0.1) is 11.3 Å². The molecule has 0 N–H and O–H groups in total. The molecule has 0 amide bonds. The van der Waals surface area contributed by atoms with Gasteiger partial charge in [-0.3, -0.25) is 0 Å². The minimum atomic E-state index is -4.65. The van der Waals surface area contributed by atoms with E-state index in [-0.39, 0.29) is 11.6 Å². The van der Waals surface area contributed by atoms with Crippen molar-refractivity contribution >= 4 is 33.2 Å². The highest BCUT2D eigenvalue weighted by Crippen LogP contribution is 2.40. The zero-order valence-corrected chi connectivity index (χ0v) is 13.1. The highest BCUT2D eigenvalue weighted by atomic mass is 79.9. The maximum Gasteiger partial charge on any atom is 0.428 e. The van der Waals surface area contributed by atoms with E-state index in [1.54, 1.807) is 24.3 Å². The summed E-state index contributed by atoms with van der Waals surface area (Å²) >= 11 is 3.67. The summed E-state index contributed by atoms with van der Waals surface area (Å²) in [5.74, 6) is -1.07. The number of alkyl halides is 3. The molecule has 0 bridgehead atoms. The van der Waals surface area contributed by atoms with Crippen LogP contribution in [-0.2, 0) is 10.9 Å². The molecule has 0 atom stereocenters. The van der Waals surface area contributed by atoms with Crippen LogP contribution in [0.15, 0.2) is 28.7 Å². The molecule has 3 nitrogen and oxygen atoms in total. The van der Waals surface area contributed by atoms with Crippen LogP contribution in [0.1, 0.15) is 22.3 Å². The first-order valence-electron chi connectivity index (χ1n) is 5.84. The van der Waals surface area contributed by atoms with E-state index in [1.165, 1.54) is 6.92 Å². The Bertz CT molecular complexity index is 652. The van der Waals surface area contributed by atoms with E-state index in [1.807, 2.05) is 0 Å². The number of halogens is 4. The number of benzene rings is 1. The van der Waals surface area contributed by atoms with Gasteiger partial charge in [0.05, 0.1) is 6.61 Å². The van der Waals surface area contributed by atoms with Crippen molar-refractivity contribution in [2.24, 2.45) is 0 Å². The summed E-state index contributed by atoms with van der Waals surface area (Å²) in [7, 11) is 0. The summed E-state index contributed by atoms with van der Waals surface area (Å²) in [4.78, 5) is 14.4. The SMILES string of the molecule is CCOC(=O)c1nc(-c2ccc(Br)cc2)sc1C(F)(F)F. The second-order valence-corrected chi connectivity index (χ2v) is 5.84. The van der Waals surface area contributed by atoms with Crippen molar-refractivity contribution in [1.82, 2.24) is 4.98 Å². The number of ether oxygens (including phenoxy) is 1. The Labute approximate surface area is 130 Å². The lowest BCUT2D eigenvalue weighted by molar-refractivity contribution is -0.135. The molecule has 0 aliphatic carbocycles. The Morgan fingerprint density at radius 2 is 1.95 bits per heavy atom. The van der Waals surface area contributed by atoms with Crippen LogP contribution in [-0.4, -0.2) is 17.6 Å². The third-order valence-electron chi connectivity index (χ3n) is 2.44. The van der Waals surface area contributed by atoms with Crippen LogP contribution in [0.3, 0.4) is 0 Å². The van der Waals surface area contributed by atoms with Crippen LogP contribution < -0.4 is 0 Å². The third-order valence-corrected chi connectivity index (χ3v) is 4.12. The number of carbonyl (C=O) groups is 1. The van der Waals surface area contributed by atoms with Gasteiger partial charge in [0, 0.05) is 10.0 Å². The second kappa shape index (κ2) is 6.15. The van der Waals surface area contributed by atoms with Gasteiger partial charge in [0.2, 0.25) is 0 Å². The summed E-state index contributed by atoms with van der Waals surface area (Å²) in [5, 5.41) is 0.123. The molecule has 8 heteroatoms. The van der Waals surface area contributed by atoms with E-state index in [9.17, 15) is 18.0 Å². The summed E-state index contributed by atoms with van der Waals surface area (Å²) in [6.07, 6.45) is -4.65. The summed E-state index contributed by atoms with van der Waals surface area (Å²) in [5.41, 5.74) is -0.184. The number of carbonyl (C=O) groups excluding carboxylic acids is 1. The molecule has 2 aromatic rings. The third kappa shape index (κ3) is 3.62. The van der Waals surface area contributed by atoms with E-state index in [4.69, 9.17) is 0 Å². The van der Waals surface area contributed by atoms with Crippen LogP contribution in [0.25, 0.3) is 10.6 Å². The highest BCUT2D eigenvalue weighted by molar-refractivity contribution is 9.10. The predicted octanol–water partition coefficient (Wildman–Crippen LogP) is 4.77. The Kier molecular flexibility index (Phi) is 4.67. The Morgan fingerprint density at radius 1 is 1.33 bits per heavy atom. The highest BCUT2D eigenvalue weighted by Gasteiger charge is 2.40. The monoisotopic (exact) mass is 379 g/mol. The van der Waals surface area contributed by atoms with E-state index in [0.29, 0.717) is 16.9 Å². The zero-order chi connectivity index (χ0) is 15.6. The minimum Gasteiger partial charge on any atom is -0.461 e. The molecule has 112 valence electrons. The van der Waals surface area contributed by atoms with E-state index in [0.717, 1.165) is 4.47 Å². The van der Waals surface area contributed by atoms with Crippen LogP contribution in [0, 0.1) is 0 Å². The Balaban J connectivity index is 2.50. The van der Waals surface area contributed by atoms with Crippen molar-refractivity contribution in [1.29, 1.82) is 0 Å². The molecule has 2 rings (SSSR count). The number of hydrogen-bond donors (Lipinski definition) is 0. The lowest BCUT2D eigenvalue weighted by Crippen LogP contribution is -2.13. The van der Waals surface area contributed by atoms with Crippen LogP contribution in [0.5, 0.6) is 0 Å². The van der Waals surface area contributed by atoms with Gasteiger partial charge < -0.3 is 4.74 Å². The Hall–Kier alpha value is -1.41. The van der Waals surface area contributed by atoms with E-state index >= 15 is 0 Å². The molecule has 1 aromatic heterocycles. The van der Waals surface area contributed by atoms with E-state index in [2.05, 4.69) is 25.7 Å². The predicted molar refractivity (Wildman–Crippen MR) is 76.2 cm³/mol. The second-order valence-electron chi connectivity index (χ2n) is 3.92. The van der Waals surface area contributed by atoms with Gasteiger partial charge in [0.25, 0.3) is 0 Å². The van der Waals surface area contributed by atoms with Gasteiger partial charge >= 0.3 is 12.1 Å². The van der Waals surface area contributed by atoms with Crippen molar-refractivity contribution in [3.8, 4) is 10.6 Å². The normalized spacial score (nSPS) is 11.5. The molecule has 0 saturated carbocycles. The first kappa shape index (κ1) is 16.0. The maximum absolute atomic E-state index is 13.0. The minimum absolute atomic E-state index is 0.0126. The molecule has 0 fully saturated rings. The maximum atomic E-state index is 13.0. The van der Waals surface area contributed by atoms with E-state index < -0.39 is 22.7 Å². The van der Waals surface area contributed by atoms with Crippen molar-refractivity contribution in [2.75, 3.05) is 6.61 Å². The molecule has 21 heavy (non-hydrogen) atoms. The fraction of sp³-hybridized carbons (Fsp3) is 0.231. The van der Waals surface area contributed by atoms with Gasteiger partial charge in [-0.2, -0.15) is 13.2 Å². The van der Waals surface area contributed by atoms with Crippen molar-refractivity contribution in [3.05, 3.63) is 39.3 Å². The van der Waals surface area contributed by atoms with Gasteiger partial charge in [0.1, 0.15) is 9.88 Å². The van der Waals surface area contributed by atoms with Crippen LogP contribution in [0.4, 0.5) is 13.2 Å². The van der Waals surface area contributed by atoms with Crippen molar-refractivity contribution in [3.63, 3.8) is 0 Å². The van der Waals surface area contributed by atoms with Gasteiger partial charge in [-0.1, -0.05) is 28.1 Å². The standard InChI is InChI=1S/C13H9BrF3NO2S/c1-2-20-12(19)9-10(13(15,16)17)21-11(18-9)7-3-5-8(14)6-4-7/h3-6H,2H2,1H3. The molecular formula is C13H9BrF3NO2S. The number of hydrogen-bond acceptors (Lipinski definition) is 4. The first-order valence-corrected chi connectivity index (χ1v) is 7.45. The molecule has 0 aliphatic heterocycles. The van der Waals surface area contributed by atoms with Gasteiger partial charge in [0.15, 0.2) is 5.69 Å². The number of nitrogens with zero attached hydrogens (tertiary/aromatic N) is 1. The molecule has 1 heterocycles. The Morgan fingerprint density at radius 3 is 2.48 bits per heavy atom.